The lowest BCUT2D eigenvalue weighted by molar-refractivity contribution is 0.0367. The molecule has 0 spiro atoms. The first-order valence-electron chi connectivity index (χ1n) is 6.22. The van der Waals surface area contributed by atoms with Gasteiger partial charge in [0.2, 0.25) is 0 Å². The van der Waals surface area contributed by atoms with Gasteiger partial charge in [-0.1, -0.05) is 0 Å². The Bertz CT molecular complexity index is 158. The third-order valence-corrected chi connectivity index (χ3v) is 3.38. The van der Waals surface area contributed by atoms with Gasteiger partial charge in [0.25, 0.3) is 0 Å². The summed E-state index contributed by atoms with van der Waals surface area (Å²) < 4.78 is 5.50. The number of hydrogen-bond acceptors (Lipinski definition) is 3. The molecule has 2 N–H and O–H groups in total. The predicted octanol–water partition coefficient (Wildman–Crippen LogP) is 1.47. The maximum Gasteiger partial charge on any atom is 0.0506 e. The normalized spacial score (nSPS) is 24.4. The average Bonchev–Trinajstić information content (AvgIpc) is 2.27. The molecule has 1 aliphatic rings. The quantitative estimate of drug-likeness (QED) is 0.728. The van der Waals surface area contributed by atoms with Crippen molar-refractivity contribution in [1.29, 1.82) is 0 Å². The number of rotatable bonds is 6. The van der Waals surface area contributed by atoms with Crippen molar-refractivity contribution in [1.82, 2.24) is 4.90 Å². The van der Waals surface area contributed by atoms with Gasteiger partial charge in [-0.05, 0) is 52.1 Å². The summed E-state index contributed by atoms with van der Waals surface area (Å²) in [6.45, 7) is 6.19. The zero-order valence-corrected chi connectivity index (χ0v) is 10.2. The molecule has 1 aliphatic heterocycles. The van der Waals surface area contributed by atoms with Crippen LogP contribution in [-0.2, 0) is 4.74 Å². The maximum absolute atomic E-state index is 5.52. The van der Waals surface area contributed by atoms with Crippen molar-refractivity contribution in [2.45, 2.75) is 38.6 Å². The van der Waals surface area contributed by atoms with Gasteiger partial charge in [0.1, 0.15) is 0 Å². The first kappa shape index (κ1) is 12.9. The second-order valence-electron chi connectivity index (χ2n) is 4.80. The third kappa shape index (κ3) is 4.96. The lowest BCUT2D eigenvalue weighted by Gasteiger charge is -2.31. The molecular formula is C12H26N2O. The molecule has 15 heavy (non-hydrogen) atoms. The van der Waals surface area contributed by atoms with E-state index in [-0.39, 0.29) is 0 Å². The summed E-state index contributed by atoms with van der Waals surface area (Å²) in [5, 5.41) is 0. The largest absolute Gasteiger partial charge is 0.381 e. The molecule has 0 bridgehead atoms. The standard InChI is InChI=1S/C12H26N2O/c1-11(5-3-7-13)14(2)9-12-6-4-8-15-10-12/h11-12H,3-10,13H2,1-2H3. The zero-order chi connectivity index (χ0) is 11.1. The molecule has 0 aliphatic carbocycles. The molecule has 1 fully saturated rings. The van der Waals surface area contributed by atoms with E-state index < -0.39 is 0 Å². The predicted molar refractivity (Wildman–Crippen MR) is 63.9 cm³/mol. The smallest absolute Gasteiger partial charge is 0.0506 e. The van der Waals surface area contributed by atoms with E-state index in [4.69, 9.17) is 10.5 Å². The first-order chi connectivity index (χ1) is 7.24. The van der Waals surface area contributed by atoms with Crippen LogP contribution in [-0.4, -0.2) is 44.3 Å². The molecule has 0 radical (unpaired) electrons. The Hall–Kier alpha value is -0.120. The average molecular weight is 214 g/mol. The molecule has 0 aromatic heterocycles. The maximum atomic E-state index is 5.52. The van der Waals surface area contributed by atoms with Gasteiger partial charge in [0.15, 0.2) is 0 Å². The molecule has 0 aromatic carbocycles. The molecule has 2 atom stereocenters. The number of nitrogens with zero attached hydrogens (tertiary/aromatic N) is 1. The van der Waals surface area contributed by atoms with E-state index in [9.17, 15) is 0 Å². The molecule has 1 saturated heterocycles. The molecule has 3 heteroatoms. The first-order valence-corrected chi connectivity index (χ1v) is 6.22. The molecule has 0 saturated carbocycles. The molecule has 1 heterocycles. The molecule has 3 nitrogen and oxygen atoms in total. The van der Waals surface area contributed by atoms with Crippen molar-refractivity contribution in [3.05, 3.63) is 0 Å². The van der Waals surface area contributed by atoms with Gasteiger partial charge < -0.3 is 15.4 Å². The second-order valence-corrected chi connectivity index (χ2v) is 4.80. The summed E-state index contributed by atoms with van der Waals surface area (Å²) in [5.74, 6) is 0.740. The van der Waals surface area contributed by atoms with Crippen LogP contribution >= 0.6 is 0 Å². The molecule has 0 amide bonds. The van der Waals surface area contributed by atoms with Gasteiger partial charge in [-0.25, -0.2) is 0 Å². The van der Waals surface area contributed by atoms with Gasteiger partial charge in [-0.15, -0.1) is 0 Å². The SMILES string of the molecule is CC(CCCN)N(C)CC1CCCOC1. The monoisotopic (exact) mass is 214 g/mol. The molecule has 90 valence electrons. The fraction of sp³-hybridized carbons (Fsp3) is 1.00. The van der Waals surface area contributed by atoms with Crippen LogP contribution in [0.2, 0.25) is 0 Å². The molecular weight excluding hydrogens is 188 g/mol. The van der Waals surface area contributed by atoms with Crippen molar-refractivity contribution in [2.75, 3.05) is 33.4 Å². The molecule has 1 rings (SSSR count). The number of hydrogen-bond donors (Lipinski definition) is 1. The van der Waals surface area contributed by atoms with E-state index in [0.29, 0.717) is 6.04 Å². The summed E-state index contributed by atoms with van der Waals surface area (Å²) >= 11 is 0. The van der Waals surface area contributed by atoms with Crippen molar-refractivity contribution in [3.8, 4) is 0 Å². The van der Waals surface area contributed by atoms with Gasteiger partial charge in [-0.2, -0.15) is 0 Å². The van der Waals surface area contributed by atoms with Crippen molar-refractivity contribution in [3.63, 3.8) is 0 Å². The van der Waals surface area contributed by atoms with Gasteiger partial charge in [0.05, 0.1) is 6.61 Å². The minimum Gasteiger partial charge on any atom is -0.381 e. The van der Waals surface area contributed by atoms with Crippen molar-refractivity contribution < 1.29 is 4.74 Å². The Morgan fingerprint density at radius 3 is 2.93 bits per heavy atom. The van der Waals surface area contributed by atoms with Crippen LogP contribution in [0.15, 0.2) is 0 Å². The van der Waals surface area contributed by atoms with Crippen molar-refractivity contribution >= 4 is 0 Å². The van der Waals surface area contributed by atoms with Crippen molar-refractivity contribution in [2.24, 2.45) is 11.7 Å². The fourth-order valence-corrected chi connectivity index (χ4v) is 2.17. The van der Waals surface area contributed by atoms with Gasteiger partial charge in [0, 0.05) is 19.2 Å². The van der Waals surface area contributed by atoms with Crippen LogP contribution < -0.4 is 5.73 Å². The van der Waals surface area contributed by atoms with E-state index >= 15 is 0 Å². The Kier molecular flexibility index (Phi) is 6.22. The van der Waals surface area contributed by atoms with Crippen LogP contribution in [0.3, 0.4) is 0 Å². The highest BCUT2D eigenvalue weighted by Gasteiger charge is 2.18. The summed E-state index contributed by atoms with van der Waals surface area (Å²) in [6, 6.07) is 0.649. The zero-order valence-electron chi connectivity index (χ0n) is 10.2. The lowest BCUT2D eigenvalue weighted by atomic mass is 10.0. The van der Waals surface area contributed by atoms with E-state index in [1.807, 2.05) is 0 Å². The Morgan fingerprint density at radius 2 is 2.33 bits per heavy atom. The highest BCUT2D eigenvalue weighted by Crippen LogP contribution is 2.16. The second kappa shape index (κ2) is 7.20. The minimum absolute atomic E-state index is 0.649. The Morgan fingerprint density at radius 1 is 1.53 bits per heavy atom. The topological polar surface area (TPSA) is 38.5 Å². The highest BCUT2D eigenvalue weighted by molar-refractivity contribution is 4.71. The molecule has 2 unspecified atom stereocenters. The van der Waals surface area contributed by atoms with Crippen LogP contribution in [0.5, 0.6) is 0 Å². The number of nitrogens with two attached hydrogens (primary N) is 1. The van der Waals surface area contributed by atoms with E-state index in [0.717, 1.165) is 32.1 Å². The highest BCUT2D eigenvalue weighted by atomic mass is 16.5. The fourth-order valence-electron chi connectivity index (χ4n) is 2.17. The summed E-state index contributed by atoms with van der Waals surface area (Å²) in [5.41, 5.74) is 5.52. The lowest BCUT2D eigenvalue weighted by Crippen LogP contribution is -2.36. The van der Waals surface area contributed by atoms with Gasteiger partial charge in [-0.3, -0.25) is 0 Å². The van der Waals surface area contributed by atoms with Crippen LogP contribution in [0.1, 0.15) is 32.6 Å². The number of ether oxygens (including phenoxy) is 1. The van der Waals surface area contributed by atoms with E-state index in [2.05, 4.69) is 18.9 Å². The van der Waals surface area contributed by atoms with Crippen LogP contribution in [0.25, 0.3) is 0 Å². The Labute approximate surface area is 94.0 Å². The Balaban J connectivity index is 2.17. The third-order valence-electron chi connectivity index (χ3n) is 3.38. The van der Waals surface area contributed by atoms with Crippen LogP contribution in [0.4, 0.5) is 0 Å². The van der Waals surface area contributed by atoms with E-state index in [1.165, 1.54) is 25.8 Å². The summed E-state index contributed by atoms with van der Waals surface area (Å²) in [7, 11) is 2.22. The van der Waals surface area contributed by atoms with Crippen LogP contribution in [0, 0.1) is 5.92 Å². The molecule has 0 aromatic rings. The van der Waals surface area contributed by atoms with E-state index in [1.54, 1.807) is 0 Å². The van der Waals surface area contributed by atoms with Gasteiger partial charge >= 0.3 is 0 Å². The summed E-state index contributed by atoms with van der Waals surface area (Å²) in [4.78, 5) is 2.45. The minimum atomic E-state index is 0.649. The summed E-state index contributed by atoms with van der Waals surface area (Å²) in [6.07, 6.45) is 4.90.